The summed E-state index contributed by atoms with van der Waals surface area (Å²) in [6.45, 7) is 6.77. The van der Waals surface area contributed by atoms with Crippen molar-refractivity contribution in [3.63, 3.8) is 0 Å². The Kier molecular flexibility index (Phi) is 1.93. The van der Waals surface area contributed by atoms with Crippen LogP contribution in [0.1, 0.15) is 0 Å². The molecule has 0 aromatic heterocycles. The molecule has 1 heterocycles. The lowest BCUT2D eigenvalue weighted by Gasteiger charge is -2.26. The van der Waals surface area contributed by atoms with Gasteiger partial charge in [-0.2, -0.15) is 0 Å². The number of hydrogen-bond acceptors (Lipinski definition) is 1. The summed E-state index contributed by atoms with van der Waals surface area (Å²) >= 11 is 0. The predicted octanol–water partition coefficient (Wildman–Crippen LogP) is 1.67. The zero-order valence-corrected chi connectivity index (χ0v) is 8.50. The second-order valence-electron chi connectivity index (χ2n) is 3.43. The molecule has 0 fully saturated rings. The van der Waals surface area contributed by atoms with Gasteiger partial charge in [-0.05, 0) is 25.7 Å². The highest BCUT2D eigenvalue weighted by Crippen LogP contribution is 2.14. The minimum Gasteiger partial charge on any atom is -0.455 e. The standard InChI is InChI=1S/C6H14OSi2/c1-9(2,3)7-8-5-4-6-8/h4-5,8H,6H2,1-3H3. The van der Waals surface area contributed by atoms with Crippen molar-refractivity contribution < 1.29 is 4.12 Å². The van der Waals surface area contributed by atoms with Gasteiger partial charge in [0.05, 0.1) is 0 Å². The molecule has 1 aliphatic rings. The lowest BCUT2D eigenvalue weighted by atomic mass is 10.7. The van der Waals surface area contributed by atoms with Gasteiger partial charge in [0.15, 0.2) is 17.4 Å². The molecule has 0 saturated carbocycles. The highest BCUT2D eigenvalue weighted by molar-refractivity contribution is 6.79. The van der Waals surface area contributed by atoms with E-state index in [0.717, 1.165) is 0 Å². The number of allylic oxidation sites excluding steroid dienone is 1. The van der Waals surface area contributed by atoms with Crippen molar-refractivity contribution in [3.05, 3.63) is 11.8 Å². The molecule has 0 amide bonds. The van der Waals surface area contributed by atoms with Gasteiger partial charge in [-0.1, -0.05) is 11.8 Å². The fourth-order valence-electron chi connectivity index (χ4n) is 0.789. The van der Waals surface area contributed by atoms with E-state index in [4.69, 9.17) is 4.12 Å². The fraction of sp³-hybridized carbons (Fsp3) is 0.667. The summed E-state index contributed by atoms with van der Waals surface area (Å²) in [5.41, 5.74) is 2.28. The molecule has 0 aromatic carbocycles. The molecule has 1 nitrogen and oxygen atoms in total. The topological polar surface area (TPSA) is 9.23 Å². The lowest BCUT2D eigenvalue weighted by molar-refractivity contribution is 0.578. The van der Waals surface area contributed by atoms with Gasteiger partial charge < -0.3 is 4.12 Å². The quantitative estimate of drug-likeness (QED) is 0.556. The van der Waals surface area contributed by atoms with E-state index in [-0.39, 0.29) is 0 Å². The maximum atomic E-state index is 5.86. The van der Waals surface area contributed by atoms with Crippen molar-refractivity contribution in [2.75, 3.05) is 0 Å². The second kappa shape index (κ2) is 2.40. The Morgan fingerprint density at radius 3 is 2.11 bits per heavy atom. The first-order valence-corrected chi connectivity index (χ1v) is 8.79. The Morgan fingerprint density at radius 1 is 1.44 bits per heavy atom. The molecule has 1 rings (SSSR count). The first-order valence-electron chi connectivity index (χ1n) is 3.42. The first kappa shape index (κ1) is 7.24. The largest absolute Gasteiger partial charge is 0.455 e. The predicted molar refractivity (Wildman–Crippen MR) is 45.5 cm³/mol. The number of rotatable bonds is 2. The molecule has 0 bridgehead atoms. The first-order chi connectivity index (χ1) is 4.08. The van der Waals surface area contributed by atoms with Gasteiger partial charge in [-0.15, -0.1) is 0 Å². The fourth-order valence-corrected chi connectivity index (χ4v) is 5.62. The molecule has 0 aliphatic carbocycles. The van der Waals surface area contributed by atoms with E-state index in [1.807, 2.05) is 0 Å². The Hall–Kier alpha value is 0.134. The van der Waals surface area contributed by atoms with Gasteiger partial charge >= 0.3 is 0 Å². The van der Waals surface area contributed by atoms with Crippen LogP contribution in [-0.2, 0) is 4.12 Å². The van der Waals surface area contributed by atoms with Crippen LogP contribution in [0.4, 0.5) is 0 Å². The summed E-state index contributed by atoms with van der Waals surface area (Å²) in [5.74, 6) is 0. The maximum absolute atomic E-state index is 5.86. The van der Waals surface area contributed by atoms with E-state index in [2.05, 4.69) is 31.4 Å². The average molecular weight is 158 g/mol. The molecule has 0 saturated heterocycles. The van der Waals surface area contributed by atoms with Crippen LogP contribution in [0.5, 0.6) is 0 Å². The molecule has 9 heavy (non-hydrogen) atoms. The maximum Gasteiger partial charge on any atom is 0.191 e. The van der Waals surface area contributed by atoms with E-state index in [1.54, 1.807) is 0 Å². The van der Waals surface area contributed by atoms with Crippen molar-refractivity contribution >= 4 is 17.4 Å². The molecule has 1 atom stereocenters. The van der Waals surface area contributed by atoms with Crippen LogP contribution in [0.3, 0.4) is 0 Å². The molecule has 52 valence electrons. The lowest BCUT2D eigenvalue weighted by Crippen LogP contribution is -2.35. The van der Waals surface area contributed by atoms with Gasteiger partial charge in [0, 0.05) is 0 Å². The van der Waals surface area contributed by atoms with Crippen molar-refractivity contribution in [2.24, 2.45) is 0 Å². The van der Waals surface area contributed by atoms with Crippen molar-refractivity contribution in [1.29, 1.82) is 0 Å². The Morgan fingerprint density at radius 2 is 2.00 bits per heavy atom. The van der Waals surface area contributed by atoms with Gasteiger partial charge in [-0.3, -0.25) is 0 Å². The van der Waals surface area contributed by atoms with Crippen molar-refractivity contribution in [1.82, 2.24) is 0 Å². The summed E-state index contributed by atoms with van der Waals surface area (Å²) in [5, 5.41) is 0. The van der Waals surface area contributed by atoms with Gasteiger partial charge in [-0.25, -0.2) is 0 Å². The van der Waals surface area contributed by atoms with Crippen LogP contribution in [0.25, 0.3) is 0 Å². The molecule has 0 radical (unpaired) electrons. The van der Waals surface area contributed by atoms with E-state index < -0.39 is 17.4 Å². The average Bonchev–Trinajstić information content (AvgIpc) is 1.53. The summed E-state index contributed by atoms with van der Waals surface area (Å²) in [4.78, 5) is 0. The van der Waals surface area contributed by atoms with Crippen LogP contribution >= 0.6 is 0 Å². The Bertz CT molecular complexity index is 126. The summed E-state index contributed by atoms with van der Waals surface area (Å²) in [6, 6.07) is 1.27. The Balaban J connectivity index is 2.25. The molecule has 3 heteroatoms. The van der Waals surface area contributed by atoms with E-state index >= 15 is 0 Å². The molecule has 0 aromatic rings. The van der Waals surface area contributed by atoms with Crippen LogP contribution in [0, 0.1) is 0 Å². The SMILES string of the molecule is C[Si](C)(C)O[SiH]1C=CC1. The normalized spacial score (nSPS) is 25.9. The van der Waals surface area contributed by atoms with E-state index in [1.165, 1.54) is 6.04 Å². The summed E-state index contributed by atoms with van der Waals surface area (Å²) < 4.78 is 5.86. The van der Waals surface area contributed by atoms with Crippen LogP contribution in [0.2, 0.25) is 25.7 Å². The Labute approximate surface area is 59.6 Å². The molecule has 1 unspecified atom stereocenters. The van der Waals surface area contributed by atoms with E-state index in [0.29, 0.717) is 0 Å². The second-order valence-corrected chi connectivity index (χ2v) is 10.5. The van der Waals surface area contributed by atoms with Crippen molar-refractivity contribution in [2.45, 2.75) is 25.7 Å². The molecular formula is C6H14OSi2. The summed E-state index contributed by atoms with van der Waals surface area (Å²) in [7, 11) is -1.92. The molecule has 1 aliphatic heterocycles. The van der Waals surface area contributed by atoms with Crippen LogP contribution in [0.15, 0.2) is 11.8 Å². The van der Waals surface area contributed by atoms with Gasteiger partial charge in [0.25, 0.3) is 0 Å². The van der Waals surface area contributed by atoms with Crippen molar-refractivity contribution in [3.8, 4) is 0 Å². The minimum absolute atomic E-state index is 0.745. The third-order valence-corrected chi connectivity index (χ3v) is 6.70. The highest BCUT2D eigenvalue weighted by atomic mass is 28.4. The van der Waals surface area contributed by atoms with Crippen LogP contribution in [-0.4, -0.2) is 17.4 Å². The number of hydrogen-bond donors (Lipinski definition) is 0. The highest BCUT2D eigenvalue weighted by Gasteiger charge is 2.22. The zero-order chi connectivity index (χ0) is 6.91. The third-order valence-electron chi connectivity index (χ3n) is 1.22. The van der Waals surface area contributed by atoms with Crippen LogP contribution < -0.4 is 0 Å². The van der Waals surface area contributed by atoms with Gasteiger partial charge in [0.1, 0.15) is 0 Å². The molecule has 0 N–H and O–H groups in total. The zero-order valence-electron chi connectivity index (χ0n) is 6.35. The minimum atomic E-state index is -1.18. The summed E-state index contributed by atoms with van der Waals surface area (Å²) in [6.07, 6.45) is 2.22. The molecule has 0 spiro atoms. The smallest absolute Gasteiger partial charge is 0.191 e. The van der Waals surface area contributed by atoms with Gasteiger partial charge in [0.2, 0.25) is 0 Å². The third kappa shape index (κ3) is 2.47. The van der Waals surface area contributed by atoms with E-state index in [9.17, 15) is 0 Å². The monoisotopic (exact) mass is 158 g/mol. The molecular weight excluding hydrogens is 144 g/mol.